The molecule has 5 nitrogen and oxygen atoms in total. The maximum Gasteiger partial charge on any atom is 0.323 e. The predicted molar refractivity (Wildman–Crippen MR) is 50.2 cm³/mol. The van der Waals surface area contributed by atoms with E-state index in [9.17, 15) is 14.9 Å². The minimum atomic E-state index is -1.94. The van der Waals surface area contributed by atoms with E-state index in [1.54, 1.807) is 0 Å². The molecule has 74 valence electrons. The zero-order valence-electron chi connectivity index (χ0n) is 8.16. The highest BCUT2D eigenvalue weighted by Gasteiger charge is 2.19. The van der Waals surface area contributed by atoms with Gasteiger partial charge in [0.1, 0.15) is 0 Å². The van der Waals surface area contributed by atoms with Crippen molar-refractivity contribution in [2.24, 2.45) is 0 Å². The Morgan fingerprint density at radius 1 is 1.46 bits per heavy atom. The molecule has 0 bridgehead atoms. The lowest BCUT2D eigenvalue weighted by atomic mass is 10.4. The molecule has 0 aromatic rings. The third-order valence-corrected chi connectivity index (χ3v) is 1.84. The van der Waals surface area contributed by atoms with Crippen LogP contribution in [-0.2, 0) is 9.22 Å². The Bertz CT molecular complexity index is 254. The third-order valence-electron chi connectivity index (χ3n) is 1.02. The molecule has 0 aliphatic rings. The summed E-state index contributed by atoms with van der Waals surface area (Å²) in [6.45, 7) is 6.76. The molecule has 0 atom stereocenters. The van der Waals surface area contributed by atoms with Crippen LogP contribution in [0.1, 0.15) is 6.92 Å². The van der Waals surface area contributed by atoms with Crippen LogP contribution < -0.4 is 0 Å². The highest BCUT2D eigenvalue weighted by atomic mass is 28.4. The van der Waals surface area contributed by atoms with Crippen molar-refractivity contribution < 1.29 is 14.1 Å². The number of carbonyl (C=O) groups is 1. The second-order valence-electron chi connectivity index (χ2n) is 3.58. The van der Waals surface area contributed by atoms with Crippen molar-refractivity contribution >= 4 is 14.3 Å². The van der Waals surface area contributed by atoms with Gasteiger partial charge >= 0.3 is 5.97 Å². The summed E-state index contributed by atoms with van der Waals surface area (Å²) in [6, 6.07) is 0. The molecule has 0 aliphatic heterocycles. The normalized spacial score (nSPS) is 12.5. The van der Waals surface area contributed by atoms with Crippen molar-refractivity contribution in [3.8, 4) is 0 Å². The Hall–Kier alpha value is -1.17. The molecule has 6 heteroatoms. The van der Waals surface area contributed by atoms with Crippen LogP contribution in [0.2, 0.25) is 19.6 Å². The van der Waals surface area contributed by atoms with Crippen molar-refractivity contribution in [2.45, 2.75) is 26.6 Å². The van der Waals surface area contributed by atoms with Crippen LogP contribution in [0.5, 0.6) is 0 Å². The van der Waals surface area contributed by atoms with Gasteiger partial charge in [-0.1, -0.05) is 0 Å². The van der Waals surface area contributed by atoms with Crippen molar-refractivity contribution in [1.82, 2.24) is 0 Å². The Kier molecular flexibility index (Phi) is 3.80. The van der Waals surface area contributed by atoms with Crippen LogP contribution in [0.3, 0.4) is 0 Å². The Balaban J connectivity index is 4.32. The predicted octanol–water partition coefficient (Wildman–Crippen LogP) is 1.54. The Labute approximate surface area is 77.7 Å². The Morgan fingerprint density at radius 3 is 2.23 bits per heavy atom. The fourth-order valence-corrected chi connectivity index (χ4v) is 1.22. The summed E-state index contributed by atoms with van der Waals surface area (Å²) in [6.07, 6.45) is 0.901. The molecule has 0 fully saturated rings. The van der Waals surface area contributed by atoms with Gasteiger partial charge < -0.3 is 4.43 Å². The van der Waals surface area contributed by atoms with Gasteiger partial charge in [-0.15, -0.1) is 0 Å². The summed E-state index contributed by atoms with van der Waals surface area (Å²) < 4.78 is 4.98. The summed E-state index contributed by atoms with van der Waals surface area (Å²) in [5.74, 6) is -0.631. The van der Waals surface area contributed by atoms with E-state index >= 15 is 0 Å². The molecule has 0 spiro atoms. The first-order valence-corrected chi connectivity index (χ1v) is 7.19. The van der Waals surface area contributed by atoms with Gasteiger partial charge in [0.05, 0.1) is 11.0 Å². The number of nitro groups is 1. The maximum absolute atomic E-state index is 11.0. The quantitative estimate of drug-likeness (QED) is 0.302. The lowest BCUT2D eigenvalue weighted by Crippen LogP contribution is -2.28. The van der Waals surface area contributed by atoms with Crippen molar-refractivity contribution in [3.05, 3.63) is 21.9 Å². The number of carbonyl (C=O) groups excluding carboxylic acids is 1. The average Bonchev–Trinajstić information content (AvgIpc) is 1.81. The van der Waals surface area contributed by atoms with Gasteiger partial charge in [0.25, 0.3) is 0 Å². The largest absolute Gasteiger partial charge is 0.517 e. The number of allylic oxidation sites excluding steroid dienone is 1. The summed E-state index contributed by atoms with van der Waals surface area (Å²) in [5.41, 5.74) is -0.205. The molecular weight excluding hydrogens is 190 g/mol. The molecule has 0 unspecified atom stereocenters. The van der Waals surface area contributed by atoms with E-state index < -0.39 is 19.2 Å². The molecule has 0 heterocycles. The van der Waals surface area contributed by atoms with Crippen molar-refractivity contribution in [3.63, 3.8) is 0 Å². The molecular formula is C7H13NO4Si. The van der Waals surface area contributed by atoms with Gasteiger partial charge in [-0.25, -0.2) is 4.79 Å². The second-order valence-corrected chi connectivity index (χ2v) is 8.01. The zero-order chi connectivity index (χ0) is 10.6. The molecule has 0 aromatic carbocycles. The molecule has 0 N–H and O–H groups in total. The van der Waals surface area contributed by atoms with Gasteiger partial charge in [0.15, 0.2) is 0 Å². The van der Waals surface area contributed by atoms with Gasteiger partial charge in [-0.3, -0.25) is 10.1 Å². The van der Waals surface area contributed by atoms with E-state index in [0.717, 1.165) is 6.08 Å². The van der Waals surface area contributed by atoms with E-state index in [0.29, 0.717) is 0 Å². The monoisotopic (exact) mass is 203 g/mol. The summed E-state index contributed by atoms with van der Waals surface area (Å²) in [5, 5.41) is 10.1. The second kappa shape index (κ2) is 4.17. The highest BCUT2D eigenvalue weighted by molar-refractivity contribution is 6.71. The van der Waals surface area contributed by atoms with Crippen LogP contribution in [-0.4, -0.2) is 19.2 Å². The molecule has 0 radical (unpaired) electrons. The lowest BCUT2D eigenvalue weighted by molar-refractivity contribution is -0.424. The highest BCUT2D eigenvalue weighted by Crippen LogP contribution is 2.04. The van der Waals surface area contributed by atoms with Gasteiger partial charge in [0.2, 0.25) is 14.0 Å². The summed E-state index contributed by atoms with van der Waals surface area (Å²) in [4.78, 5) is 20.5. The van der Waals surface area contributed by atoms with Crippen LogP contribution in [0, 0.1) is 10.1 Å². The molecule has 0 saturated carbocycles. The molecule has 0 aromatic heterocycles. The number of rotatable bonds is 3. The first-order chi connectivity index (χ1) is 5.72. The van der Waals surface area contributed by atoms with Crippen LogP contribution in [0.15, 0.2) is 11.8 Å². The van der Waals surface area contributed by atoms with E-state index in [1.165, 1.54) is 6.92 Å². The maximum atomic E-state index is 11.0. The SMILES string of the molecule is CC(=CC(=O)O[Si](C)(C)C)[N+](=O)[O-]. The molecule has 0 saturated heterocycles. The minimum Gasteiger partial charge on any atom is -0.517 e. The Morgan fingerprint density at radius 2 is 1.92 bits per heavy atom. The number of hydrogen-bond acceptors (Lipinski definition) is 4. The topological polar surface area (TPSA) is 69.4 Å². The van der Waals surface area contributed by atoms with E-state index in [-0.39, 0.29) is 5.70 Å². The van der Waals surface area contributed by atoms with Crippen LogP contribution >= 0.6 is 0 Å². The molecule has 13 heavy (non-hydrogen) atoms. The minimum absolute atomic E-state index is 0.205. The van der Waals surface area contributed by atoms with E-state index in [4.69, 9.17) is 4.43 Å². The number of nitrogens with zero attached hydrogens (tertiary/aromatic N) is 1. The first kappa shape index (κ1) is 11.8. The fraction of sp³-hybridized carbons (Fsp3) is 0.571. The smallest absolute Gasteiger partial charge is 0.323 e. The van der Waals surface area contributed by atoms with Gasteiger partial charge in [0, 0.05) is 6.92 Å². The van der Waals surface area contributed by atoms with E-state index in [2.05, 4.69) is 0 Å². The molecule has 0 amide bonds. The van der Waals surface area contributed by atoms with Crippen LogP contribution in [0.4, 0.5) is 0 Å². The van der Waals surface area contributed by atoms with E-state index in [1.807, 2.05) is 19.6 Å². The van der Waals surface area contributed by atoms with Crippen molar-refractivity contribution in [1.29, 1.82) is 0 Å². The number of hydrogen-bond donors (Lipinski definition) is 0. The van der Waals surface area contributed by atoms with Crippen molar-refractivity contribution in [2.75, 3.05) is 0 Å². The van der Waals surface area contributed by atoms with Gasteiger partial charge in [-0.05, 0) is 19.6 Å². The molecule has 0 rings (SSSR count). The fourth-order valence-electron chi connectivity index (χ4n) is 0.554. The molecule has 0 aliphatic carbocycles. The lowest BCUT2D eigenvalue weighted by Gasteiger charge is -2.15. The summed E-state index contributed by atoms with van der Waals surface area (Å²) in [7, 11) is -1.94. The van der Waals surface area contributed by atoms with Gasteiger partial charge in [-0.2, -0.15) is 0 Å². The third kappa shape index (κ3) is 6.03. The first-order valence-electron chi connectivity index (χ1n) is 3.78. The summed E-state index contributed by atoms with van der Waals surface area (Å²) >= 11 is 0. The van der Waals surface area contributed by atoms with Crippen LogP contribution in [0.25, 0.3) is 0 Å². The standard InChI is InChI=1S/C7H13NO4Si/c1-6(8(10)11)5-7(9)12-13(2,3)4/h5H,1-4H3. The zero-order valence-corrected chi connectivity index (χ0v) is 9.16. The average molecular weight is 203 g/mol.